The maximum absolute atomic E-state index is 13.6. The van der Waals surface area contributed by atoms with Crippen molar-refractivity contribution in [2.75, 3.05) is 17.2 Å². The highest BCUT2D eigenvalue weighted by Gasteiger charge is 2.20. The number of hydrogen-bond acceptors (Lipinski definition) is 4. The highest BCUT2D eigenvalue weighted by molar-refractivity contribution is 9.10. The van der Waals surface area contributed by atoms with Crippen molar-refractivity contribution in [3.05, 3.63) is 40.0 Å². The second kappa shape index (κ2) is 6.25. The van der Waals surface area contributed by atoms with Crippen LogP contribution < -0.4 is 10.6 Å². The third-order valence-electron chi connectivity index (χ3n) is 2.43. The van der Waals surface area contributed by atoms with Gasteiger partial charge in [-0.05, 0) is 22.9 Å². The lowest BCUT2D eigenvalue weighted by Crippen LogP contribution is -2.07. The molecule has 0 unspecified atom stereocenters. The molecule has 0 aliphatic rings. The molecule has 9 heteroatoms. The molecule has 0 radical (unpaired) electrons. The summed E-state index contributed by atoms with van der Waals surface area (Å²) in [7, 11) is 0. The number of nitrogens with one attached hydrogen (secondary N) is 2. The number of benzene rings is 1. The molecule has 0 amide bonds. The topological polar surface area (TPSA) is 49.8 Å². The standard InChI is InChI=1S/C12H9BrF4N4/c1-2-18-12-19-4-5(13)11(21-12)20-10-8(16)6(14)3-7(15)9(10)17/h3-4H,2H2,1H3,(H2,18,19,20,21). The SMILES string of the molecule is CCNc1ncc(Br)c(Nc2c(F)c(F)cc(F)c2F)n1. The maximum Gasteiger partial charge on any atom is 0.224 e. The van der Waals surface area contributed by atoms with Crippen molar-refractivity contribution < 1.29 is 17.6 Å². The van der Waals surface area contributed by atoms with Crippen LogP contribution in [0.2, 0.25) is 0 Å². The van der Waals surface area contributed by atoms with Crippen LogP contribution in [-0.4, -0.2) is 16.5 Å². The minimum absolute atomic E-state index is 0.0382. The quantitative estimate of drug-likeness (QED) is 0.636. The van der Waals surface area contributed by atoms with Crippen molar-refractivity contribution in [3.63, 3.8) is 0 Å². The van der Waals surface area contributed by atoms with E-state index in [2.05, 4.69) is 36.5 Å². The first kappa shape index (κ1) is 15.5. The highest BCUT2D eigenvalue weighted by atomic mass is 79.9. The Morgan fingerprint density at radius 1 is 1.14 bits per heavy atom. The number of hydrogen-bond donors (Lipinski definition) is 2. The lowest BCUT2D eigenvalue weighted by atomic mass is 10.2. The average molecular weight is 365 g/mol. The molecule has 2 rings (SSSR count). The third-order valence-corrected chi connectivity index (χ3v) is 3.01. The Labute approximate surface area is 125 Å². The summed E-state index contributed by atoms with van der Waals surface area (Å²) in [5.41, 5.74) is -0.964. The molecule has 0 aliphatic carbocycles. The number of aromatic nitrogens is 2. The Balaban J connectivity index is 2.45. The Bertz CT molecular complexity index is 655. The Morgan fingerprint density at radius 2 is 1.76 bits per heavy atom. The van der Waals surface area contributed by atoms with Crippen molar-refractivity contribution in [2.24, 2.45) is 0 Å². The predicted molar refractivity (Wildman–Crippen MR) is 73.5 cm³/mol. The fourth-order valence-corrected chi connectivity index (χ4v) is 1.79. The van der Waals surface area contributed by atoms with Crippen LogP contribution in [0, 0.1) is 23.3 Å². The normalized spacial score (nSPS) is 10.6. The van der Waals surface area contributed by atoms with Crippen molar-refractivity contribution in [3.8, 4) is 0 Å². The zero-order valence-corrected chi connectivity index (χ0v) is 12.2. The Kier molecular flexibility index (Phi) is 4.61. The van der Waals surface area contributed by atoms with Gasteiger partial charge in [0, 0.05) is 18.8 Å². The molecule has 112 valence electrons. The van der Waals surface area contributed by atoms with Gasteiger partial charge in [-0.3, -0.25) is 0 Å². The van der Waals surface area contributed by atoms with Crippen LogP contribution in [0.4, 0.5) is 35.0 Å². The van der Waals surface area contributed by atoms with Gasteiger partial charge in [0.25, 0.3) is 0 Å². The van der Waals surface area contributed by atoms with E-state index in [9.17, 15) is 17.6 Å². The second-order valence-electron chi connectivity index (χ2n) is 3.89. The van der Waals surface area contributed by atoms with Crippen LogP contribution in [0.25, 0.3) is 0 Å². The van der Waals surface area contributed by atoms with Gasteiger partial charge in [-0.25, -0.2) is 22.5 Å². The lowest BCUT2D eigenvalue weighted by Gasteiger charge is -2.11. The molecule has 0 saturated carbocycles. The molecular weight excluding hydrogens is 356 g/mol. The molecule has 0 aliphatic heterocycles. The van der Waals surface area contributed by atoms with Gasteiger partial charge in [-0.1, -0.05) is 0 Å². The molecule has 0 bridgehead atoms. The third kappa shape index (κ3) is 3.23. The van der Waals surface area contributed by atoms with Crippen molar-refractivity contribution >= 4 is 33.4 Å². The molecular formula is C12H9BrF4N4. The largest absolute Gasteiger partial charge is 0.354 e. The van der Waals surface area contributed by atoms with Gasteiger partial charge in [-0.2, -0.15) is 4.98 Å². The first-order valence-electron chi connectivity index (χ1n) is 5.80. The van der Waals surface area contributed by atoms with Gasteiger partial charge >= 0.3 is 0 Å². The molecule has 21 heavy (non-hydrogen) atoms. The molecule has 1 aromatic carbocycles. The minimum atomic E-state index is -1.54. The van der Waals surface area contributed by atoms with E-state index in [4.69, 9.17) is 0 Å². The summed E-state index contributed by atoms with van der Waals surface area (Å²) in [6.07, 6.45) is 1.33. The Hall–Kier alpha value is -1.90. The summed E-state index contributed by atoms with van der Waals surface area (Å²) in [6, 6.07) is 0.134. The summed E-state index contributed by atoms with van der Waals surface area (Å²) in [6.45, 7) is 2.33. The Morgan fingerprint density at radius 3 is 2.33 bits per heavy atom. The number of nitrogens with zero attached hydrogens (tertiary/aromatic N) is 2. The summed E-state index contributed by atoms with van der Waals surface area (Å²) >= 11 is 3.08. The molecule has 0 atom stereocenters. The molecule has 2 aromatic rings. The van der Waals surface area contributed by atoms with Gasteiger partial charge in [-0.15, -0.1) is 0 Å². The van der Waals surface area contributed by atoms with Crippen LogP contribution in [0.3, 0.4) is 0 Å². The fourth-order valence-electron chi connectivity index (χ4n) is 1.50. The van der Waals surface area contributed by atoms with Gasteiger partial charge in [0.2, 0.25) is 5.95 Å². The first-order valence-corrected chi connectivity index (χ1v) is 6.59. The van der Waals surface area contributed by atoms with Crippen LogP contribution in [0.1, 0.15) is 6.92 Å². The molecule has 0 saturated heterocycles. The molecule has 4 nitrogen and oxygen atoms in total. The molecule has 1 aromatic heterocycles. The molecule has 0 fully saturated rings. The summed E-state index contributed by atoms with van der Waals surface area (Å²) in [5, 5.41) is 5.02. The minimum Gasteiger partial charge on any atom is -0.354 e. The predicted octanol–water partition coefficient (Wildman–Crippen LogP) is 3.97. The van der Waals surface area contributed by atoms with Gasteiger partial charge in [0.05, 0.1) is 4.47 Å². The zero-order chi connectivity index (χ0) is 15.6. The maximum atomic E-state index is 13.6. The van der Waals surface area contributed by atoms with E-state index in [1.54, 1.807) is 6.92 Å². The van der Waals surface area contributed by atoms with E-state index in [0.717, 1.165) is 0 Å². The molecule has 0 spiro atoms. The van der Waals surface area contributed by atoms with Crippen molar-refractivity contribution in [1.82, 2.24) is 9.97 Å². The average Bonchev–Trinajstić information content (AvgIpc) is 2.45. The summed E-state index contributed by atoms with van der Waals surface area (Å²) in [4.78, 5) is 7.85. The van der Waals surface area contributed by atoms with E-state index in [1.807, 2.05) is 0 Å². The van der Waals surface area contributed by atoms with E-state index in [0.29, 0.717) is 6.54 Å². The number of anilines is 3. The monoisotopic (exact) mass is 364 g/mol. The van der Waals surface area contributed by atoms with Crippen LogP contribution in [0.15, 0.2) is 16.7 Å². The molecule has 1 heterocycles. The van der Waals surface area contributed by atoms with Gasteiger partial charge in [0.15, 0.2) is 29.1 Å². The van der Waals surface area contributed by atoms with E-state index < -0.39 is 29.0 Å². The van der Waals surface area contributed by atoms with E-state index in [1.165, 1.54) is 6.20 Å². The lowest BCUT2D eigenvalue weighted by molar-refractivity contribution is 0.459. The zero-order valence-electron chi connectivity index (χ0n) is 10.6. The van der Waals surface area contributed by atoms with Crippen molar-refractivity contribution in [1.29, 1.82) is 0 Å². The molecule has 2 N–H and O–H groups in total. The highest BCUT2D eigenvalue weighted by Crippen LogP contribution is 2.30. The first-order chi connectivity index (χ1) is 9.93. The second-order valence-corrected chi connectivity index (χ2v) is 4.74. The van der Waals surface area contributed by atoms with E-state index in [-0.39, 0.29) is 22.3 Å². The van der Waals surface area contributed by atoms with Crippen molar-refractivity contribution in [2.45, 2.75) is 6.92 Å². The smallest absolute Gasteiger partial charge is 0.224 e. The van der Waals surface area contributed by atoms with Gasteiger partial charge < -0.3 is 10.6 Å². The number of rotatable bonds is 4. The van der Waals surface area contributed by atoms with Crippen LogP contribution in [-0.2, 0) is 0 Å². The fraction of sp³-hybridized carbons (Fsp3) is 0.167. The summed E-state index contributed by atoms with van der Waals surface area (Å²) in [5.74, 6) is -5.93. The van der Waals surface area contributed by atoms with Crippen LogP contribution in [0.5, 0.6) is 0 Å². The van der Waals surface area contributed by atoms with Crippen LogP contribution >= 0.6 is 15.9 Å². The van der Waals surface area contributed by atoms with E-state index >= 15 is 0 Å². The summed E-state index contributed by atoms with van der Waals surface area (Å²) < 4.78 is 53.7. The van der Waals surface area contributed by atoms with Gasteiger partial charge in [0.1, 0.15) is 5.69 Å². The number of halogens is 5.